The molecule has 2 rings (SSSR count). The van der Waals surface area contributed by atoms with E-state index in [0.717, 1.165) is 6.07 Å². The van der Waals surface area contributed by atoms with Crippen molar-refractivity contribution >= 4 is 10.9 Å². The molecule has 0 saturated carbocycles. The van der Waals surface area contributed by atoms with Crippen molar-refractivity contribution in [3.8, 4) is 0 Å². The van der Waals surface area contributed by atoms with E-state index < -0.39 is 22.8 Å². The van der Waals surface area contributed by atoms with Crippen molar-refractivity contribution in [1.29, 1.82) is 0 Å². The molecular formula is C10H6F3N. The van der Waals surface area contributed by atoms with Gasteiger partial charge in [-0.2, -0.15) is 0 Å². The summed E-state index contributed by atoms with van der Waals surface area (Å²) in [7, 11) is 0. The van der Waals surface area contributed by atoms with Crippen molar-refractivity contribution in [1.82, 2.24) is 4.98 Å². The average Bonchev–Trinajstić information content (AvgIpc) is 2.14. The maximum atomic E-state index is 13.3. The van der Waals surface area contributed by atoms with Crippen LogP contribution in [0.5, 0.6) is 0 Å². The Morgan fingerprint density at radius 2 is 1.79 bits per heavy atom. The van der Waals surface area contributed by atoms with E-state index >= 15 is 0 Å². The number of hydrogen-bond acceptors (Lipinski definition) is 1. The van der Waals surface area contributed by atoms with Gasteiger partial charge in [0, 0.05) is 0 Å². The highest BCUT2D eigenvalue weighted by Crippen LogP contribution is 2.22. The fraction of sp³-hybridized carbons (Fsp3) is 0.100. The zero-order valence-corrected chi connectivity index (χ0v) is 7.31. The molecule has 0 unspecified atom stereocenters. The number of fused-ring (bicyclic) bond motifs is 1. The van der Waals surface area contributed by atoms with Crippen molar-refractivity contribution in [3.05, 3.63) is 41.3 Å². The highest BCUT2D eigenvalue weighted by molar-refractivity contribution is 5.80. The Bertz CT molecular complexity index is 508. The average molecular weight is 197 g/mol. The van der Waals surface area contributed by atoms with Gasteiger partial charge in [0.05, 0.1) is 16.6 Å². The van der Waals surface area contributed by atoms with Gasteiger partial charge < -0.3 is 0 Å². The van der Waals surface area contributed by atoms with Gasteiger partial charge in [-0.25, -0.2) is 18.2 Å². The van der Waals surface area contributed by atoms with Crippen LogP contribution in [0.25, 0.3) is 10.9 Å². The second-order valence-corrected chi connectivity index (χ2v) is 2.96. The first-order valence-electron chi connectivity index (χ1n) is 4.01. The van der Waals surface area contributed by atoms with Gasteiger partial charge in [0.1, 0.15) is 5.82 Å². The molecule has 0 fully saturated rings. The molecule has 14 heavy (non-hydrogen) atoms. The van der Waals surface area contributed by atoms with Crippen molar-refractivity contribution in [2.75, 3.05) is 0 Å². The Kier molecular flexibility index (Phi) is 1.91. The van der Waals surface area contributed by atoms with E-state index in [1.807, 2.05) is 0 Å². The molecule has 2 aromatic rings. The molecule has 0 N–H and O–H groups in total. The van der Waals surface area contributed by atoms with E-state index in [0.29, 0.717) is 0 Å². The van der Waals surface area contributed by atoms with Crippen molar-refractivity contribution in [3.63, 3.8) is 0 Å². The maximum absolute atomic E-state index is 13.3. The third kappa shape index (κ3) is 1.14. The summed E-state index contributed by atoms with van der Waals surface area (Å²) >= 11 is 0. The predicted octanol–water partition coefficient (Wildman–Crippen LogP) is 2.96. The summed E-state index contributed by atoms with van der Waals surface area (Å²) in [6.07, 6.45) is 0. The monoisotopic (exact) mass is 197 g/mol. The zero-order chi connectivity index (χ0) is 10.3. The van der Waals surface area contributed by atoms with E-state index in [-0.39, 0.29) is 11.2 Å². The smallest absolute Gasteiger partial charge is 0.180 e. The minimum absolute atomic E-state index is 0.0689. The number of aryl methyl sites for hydroxylation is 1. The lowest BCUT2D eigenvalue weighted by atomic mass is 10.2. The van der Waals surface area contributed by atoms with Gasteiger partial charge in [-0.05, 0) is 19.1 Å². The first-order chi connectivity index (χ1) is 6.61. The molecule has 1 nitrogen and oxygen atoms in total. The highest BCUT2D eigenvalue weighted by atomic mass is 19.2. The Morgan fingerprint density at radius 1 is 1.07 bits per heavy atom. The van der Waals surface area contributed by atoms with Crippen molar-refractivity contribution in [2.45, 2.75) is 6.92 Å². The lowest BCUT2D eigenvalue weighted by Gasteiger charge is -2.03. The van der Waals surface area contributed by atoms with Crippen LogP contribution >= 0.6 is 0 Å². The molecule has 0 aliphatic carbocycles. The normalized spacial score (nSPS) is 10.9. The van der Waals surface area contributed by atoms with Gasteiger partial charge in [-0.15, -0.1) is 0 Å². The van der Waals surface area contributed by atoms with Crippen LogP contribution in [0.3, 0.4) is 0 Å². The summed E-state index contributed by atoms with van der Waals surface area (Å²) in [5, 5.41) is -0.393. The second-order valence-electron chi connectivity index (χ2n) is 2.96. The van der Waals surface area contributed by atoms with Crippen LogP contribution in [-0.2, 0) is 0 Å². The topological polar surface area (TPSA) is 12.9 Å². The van der Waals surface area contributed by atoms with Crippen LogP contribution in [0.1, 0.15) is 5.69 Å². The molecule has 1 aromatic carbocycles. The summed E-state index contributed by atoms with van der Waals surface area (Å²) in [6, 6.07) is 3.91. The second kappa shape index (κ2) is 2.97. The van der Waals surface area contributed by atoms with Gasteiger partial charge >= 0.3 is 0 Å². The molecule has 0 saturated heterocycles. The molecular weight excluding hydrogens is 191 g/mol. The zero-order valence-electron chi connectivity index (χ0n) is 7.31. The van der Waals surface area contributed by atoms with Crippen molar-refractivity contribution in [2.24, 2.45) is 0 Å². The summed E-state index contributed by atoms with van der Waals surface area (Å²) in [6.45, 7) is 1.34. The van der Waals surface area contributed by atoms with E-state index in [1.54, 1.807) is 0 Å². The maximum Gasteiger partial charge on any atom is 0.180 e. The molecule has 0 bridgehead atoms. The van der Waals surface area contributed by atoms with E-state index in [4.69, 9.17) is 0 Å². The van der Waals surface area contributed by atoms with E-state index in [2.05, 4.69) is 4.98 Å². The summed E-state index contributed by atoms with van der Waals surface area (Å²) in [5.41, 5.74) is 0.0574. The van der Waals surface area contributed by atoms with Crippen LogP contribution in [0.2, 0.25) is 0 Å². The SMILES string of the molecule is Cc1nc2cccc(F)c2c(F)c1F. The Balaban J connectivity index is 2.99. The summed E-state index contributed by atoms with van der Waals surface area (Å²) in [4.78, 5) is 3.74. The number of pyridine rings is 1. The number of rotatable bonds is 0. The van der Waals surface area contributed by atoms with Crippen LogP contribution < -0.4 is 0 Å². The van der Waals surface area contributed by atoms with E-state index in [1.165, 1.54) is 19.1 Å². The largest absolute Gasteiger partial charge is 0.250 e. The van der Waals surface area contributed by atoms with Crippen LogP contribution in [0.4, 0.5) is 13.2 Å². The lowest BCUT2D eigenvalue weighted by molar-refractivity contribution is 0.501. The molecule has 1 heterocycles. The first-order valence-corrected chi connectivity index (χ1v) is 4.01. The third-order valence-electron chi connectivity index (χ3n) is 2.01. The van der Waals surface area contributed by atoms with Gasteiger partial charge in [-0.3, -0.25) is 0 Å². The minimum atomic E-state index is -1.18. The van der Waals surface area contributed by atoms with Gasteiger partial charge in [0.25, 0.3) is 0 Å². The molecule has 1 aromatic heterocycles. The highest BCUT2D eigenvalue weighted by Gasteiger charge is 2.14. The quantitative estimate of drug-likeness (QED) is 0.632. The van der Waals surface area contributed by atoms with Gasteiger partial charge in [0.2, 0.25) is 0 Å². The van der Waals surface area contributed by atoms with Crippen molar-refractivity contribution < 1.29 is 13.2 Å². The van der Waals surface area contributed by atoms with Crippen LogP contribution in [-0.4, -0.2) is 4.98 Å². The molecule has 4 heteroatoms. The first kappa shape index (κ1) is 8.99. The number of hydrogen-bond donors (Lipinski definition) is 0. The molecule has 0 radical (unpaired) electrons. The Morgan fingerprint density at radius 3 is 2.50 bits per heavy atom. The molecule has 0 atom stereocenters. The third-order valence-corrected chi connectivity index (χ3v) is 2.01. The lowest BCUT2D eigenvalue weighted by Crippen LogP contribution is -1.97. The number of aromatic nitrogens is 1. The number of nitrogens with zero attached hydrogens (tertiary/aromatic N) is 1. The standard InChI is InChI=1S/C10H6F3N/c1-5-9(12)10(13)8-6(11)3-2-4-7(8)14-5/h2-4H,1H3. The fourth-order valence-corrected chi connectivity index (χ4v) is 1.32. The van der Waals surface area contributed by atoms with E-state index in [9.17, 15) is 13.2 Å². The predicted molar refractivity (Wildman–Crippen MR) is 46.4 cm³/mol. The molecule has 72 valence electrons. The number of halogens is 3. The van der Waals surface area contributed by atoms with Gasteiger partial charge in [0.15, 0.2) is 11.6 Å². The molecule has 0 aliphatic rings. The number of benzene rings is 1. The molecule has 0 aliphatic heterocycles. The van der Waals surface area contributed by atoms with Gasteiger partial charge in [-0.1, -0.05) is 6.07 Å². The minimum Gasteiger partial charge on any atom is -0.250 e. The Labute approximate surface area is 78.2 Å². The molecule has 0 spiro atoms. The summed E-state index contributed by atoms with van der Waals surface area (Å²) in [5.74, 6) is -3.07. The van der Waals surface area contributed by atoms with Crippen LogP contribution in [0.15, 0.2) is 18.2 Å². The fourth-order valence-electron chi connectivity index (χ4n) is 1.32. The summed E-state index contributed by atoms with van der Waals surface area (Å²) < 4.78 is 39.4. The Hall–Kier alpha value is -1.58. The van der Waals surface area contributed by atoms with Crippen LogP contribution in [0, 0.1) is 24.4 Å². The molecule has 0 amide bonds.